The molecule has 0 saturated carbocycles. The highest BCUT2D eigenvalue weighted by atomic mass is 19.1. The van der Waals surface area contributed by atoms with Gasteiger partial charge in [-0.2, -0.15) is 0 Å². The average molecular weight is 411 g/mol. The maximum Gasteiger partial charge on any atom is 0.330 e. The van der Waals surface area contributed by atoms with Crippen molar-refractivity contribution in [3.63, 3.8) is 0 Å². The molecule has 1 heterocycles. The Morgan fingerprint density at radius 1 is 1.17 bits per heavy atom. The van der Waals surface area contributed by atoms with Gasteiger partial charge in [0.2, 0.25) is 0 Å². The molecule has 7 heteroatoms. The maximum atomic E-state index is 13.2. The van der Waals surface area contributed by atoms with Gasteiger partial charge in [-0.15, -0.1) is 0 Å². The predicted octanol–water partition coefficient (Wildman–Crippen LogP) is 4.32. The zero-order valence-corrected chi connectivity index (χ0v) is 16.7. The fourth-order valence-electron chi connectivity index (χ4n) is 3.00. The molecular weight excluding hydrogens is 389 g/mol. The van der Waals surface area contributed by atoms with Crippen molar-refractivity contribution in [3.8, 4) is 5.75 Å². The number of nitrogens with zero attached hydrogens (tertiary/aromatic N) is 1. The number of fused-ring (bicyclic) bond motifs is 1. The summed E-state index contributed by atoms with van der Waals surface area (Å²) >= 11 is 0. The number of halogens is 1. The molecule has 3 aromatic rings. The van der Waals surface area contributed by atoms with Gasteiger partial charge in [-0.05, 0) is 60.4 Å². The Hall–Kier alpha value is -3.29. The van der Waals surface area contributed by atoms with E-state index in [1.807, 2.05) is 6.07 Å². The second-order valence-electron chi connectivity index (χ2n) is 6.54. The van der Waals surface area contributed by atoms with E-state index in [9.17, 15) is 14.3 Å². The van der Waals surface area contributed by atoms with Gasteiger partial charge >= 0.3 is 5.97 Å². The van der Waals surface area contributed by atoms with Crippen molar-refractivity contribution in [1.29, 1.82) is 0 Å². The van der Waals surface area contributed by atoms with Crippen LogP contribution < -0.4 is 0 Å². The summed E-state index contributed by atoms with van der Waals surface area (Å²) < 4.78 is 17.8. The summed E-state index contributed by atoms with van der Waals surface area (Å²) in [6.07, 6.45) is 5.10. The van der Waals surface area contributed by atoms with Crippen LogP contribution in [-0.2, 0) is 32.3 Å². The second kappa shape index (κ2) is 9.96. The number of phenols is 1. The lowest BCUT2D eigenvalue weighted by Crippen LogP contribution is -1.99. The SMILES string of the molecule is CCOOCc1cc(/C=C/C(=O)OC)c2cc(Cc3ccc(F)cc3)cnc2c1O. The summed E-state index contributed by atoms with van der Waals surface area (Å²) in [5, 5.41) is 11.3. The molecule has 0 saturated heterocycles. The van der Waals surface area contributed by atoms with E-state index < -0.39 is 5.97 Å². The minimum atomic E-state index is -0.501. The van der Waals surface area contributed by atoms with E-state index in [0.717, 1.165) is 11.1 Å². The highest BCUT2D eigenvalue weighted by Gasteiger charge is 2.14. The summed E-state index contributed by atoms with van der Waals surface area (Å²) in [5.41, 5.74) is 3.31. The van der Waals surface area contributed by atoms with Gasteiger partial charge in [-0.3, -0.25) is 4.98 Å². The molecule has 0 aliphatic heterocycles. The summed E-state index contributed by atoms with van der Waals surface area (Å²) in [7, 11) is 1.30. The summed E-state index contributed by atoms with van der Waals surface area (Å²) in [4.78, 5) is 26.0. The number of carbonyl (C=O) groups excluding carboxylic acids is 1. The molecule has 6 nitrogen and oxygen atoms in total. The lowest BCUT2D eigenvalue weighted by atomic mass is 9.99. The van der Waals surface area contributed by atoms with Crippen molar-refractivity contribution in [2.75, 3.05) is 13.7 Å². The van der Waals surface area contributed by atoms with Crippen LogP contribution in [0.4, 0.5) is 4.39 Å². The number of carbonyl (C=O) groups is 1. The third-order valence-corrected chi connectivity index (χ3v) is 4.45. The molecule has 0 radical (unpaired) electrons. The average Bonchev–Trinajstić information content (AvgIpc) is 2.76. The van der Waals surface area contributed by atoms with E-state index in [1.54, 1.807) is 37.4 Å². The predicted molar refractivity (Wildman–Crippen MR) is 110 cm³/mol. The number of rotatable bonds is 8. The first-order valence-corrected chi connectivity index (χ1v) is 9.40. The van der Waals surface area contributed by atoms with Gasteiger partial charge in [-0.25, -0.2) is 19.0 Å². The van der Waals surface area contributed by atoms with E-state index in [0.29, 0.717) is 35.1 Å². The molecule has 0 unspecified atom stereocenters. The number of hydrogen-bond donors (Lipinski definition) is 1. The largest absolute Gasteiger partial charge is 0.505 e. The fourth-order valence-corrected chi connectivity index (χ4v) is 3.00. The number of methoxy groups -OCH3 is 1. The van der Waals surface area contributed by atoms with Gasteiger partial charge in [0.1, 0.15) is 23.7 Å². The summed E-state index contributed by atoms with van der Waals surface area (Å²) in [6, 6.07) is 9.83. The number of benzene rings is 2. The van der Waals surface area contributed by atoms with Crippen molar-refractivity contribution >= 4 is 22.9 Å². The number of aromatic hydroxyl groups is 1. The van der Waals surface area contributed by atoms with Crippen molar-refractivity contribution in [1.82, 2.24) is 4.98 Å². The fraction of sp³-hybridized carbons (Fsp3) is 0.217. The van der Waals surface area contributed by atoms with Crippen LogP contribution in [0, 0.1) is 5.82 Å². The van der Waals surface area contributed by atoms with Gasteiger partial charge < -0.3 is 9.84 Å². The summed E-state index contributed by atoms with van der Waals surface area (Å²) in [6.45, 7) is 2.18. The number of ether oxygens (including phenoxy) is 1. The third kappa shape index (κ3) is 5.20. The first kappa shape index (κ1) is 21.4. The van der Waals surface area contributed by atoms with Gasteiger partial charge in [0, 0.05) is 23.2 Å². The van der Waals surface area contributed by atoms with E-state index in [4.69, 9.17) is 9.78 Å². The molecule has 2 aromatic carbocycles. The van der Waals surface area contributed by atoms with Gasteiger partial charge in [0.15, 0.2) is 0 Å². The number of aromatic nitrogens is 1. The molecule has 30 heavy (non-hydrogen) atoms. The molecule has 156 valence electrons. The molecule has 0 bridgehead atoms. The van der Waals surface area contributed by atoms with Crippen LogP contribution >= 0.6 is 0 Å². The van der Waals surface area contributed by atoms with Crippen LogP contribution in [0.15, 0.2) is 48.7 Å². The van der Waals surface area contributed by atoms with Crippen LogP contribution in [0.25, 0.3) is 17.0 Å². The molecule has 0 spiro atoms. The quantitative estimate of drug-likeness (QED) is 0.196. The van der Waals surface area contributed by atoms with Crippen molar-refractivity contribution in [3.05, 3.63) is 76.7 Å². The Bertz CT molecular complexity index is 1060. The van der Waals surface area contributed by atoms with Crippen molar-refractivity contribution in [2.45, 2.75) is 20.0 Å². The first-order valence-electron chi connectivity index (χ1n) is 9.40. The second-order valence-corrected chi connectivity index (χ2v) is 6.54. The zero-order valence-electron chi connectivity index (χ0n) is 16.7. The molecular formula is C23H22FNO5. The third-order valence-electron chi connectivity index (χ3n) is 4.45. The molecule has 0 aliphatic carbocycles. The standard InChI is InChI=1S/C23H22FNO5/c1-3-29-30-14-18-12-17(6-9-21(26)28-2)20-11-16(13-25-22(20)23(18)27)10-15-4-7-19(24)8-5-15/h4-9,11-13,27H,3,10,14H2,1-2H3/b9-6+. The Balaban J connectivity index is 2.03. The van der Waals surface area contributed by atoms with E-state index in [-0.39, 0.29) is 18.2 Å². The highest BCUT2D eigenvalue weighted by Crippen LogP contribution is 2.32. The first-order chi connectivity index (χ1) is 14.5. The molecule has 1 aromatic heterocycles. The van der Waals surface area contributed by atoms with Crippen molar-refractivity contribution in [2.24, 2.45) is 0 Å². The van der Waals surface area contributed by atoms with Crippen LogP contribution in [-0.4, -0.2) is 29.8 Å². The Morgan fingerprint density at radius 3 is 2.63 bits per heavy atom. The monoisotopic (exact) mass is 411 g/mol. The smallest absolute Gasteiger partial charge is 0.330 e. The number of pyridine rings is 1. The lowest BCUT2D eigenvalue weighted by Gasteiger charge is -2.12. The molecule has 0 amide bonds. The Kier molecular flexibility index (Phi) is 7.11. The van der Waals surface area contributed by atoms with Crippen LogP contribution in [0.1, 0.15) is 29.2 Å². The minimum absolute atomic E-state index is 0.0201. The Labute approximate surface area is 173 Å². The topological polar surface area (TPSA) is 77.9 Å². The normalized spacial score (nSPS) is 11.3. The molecule has 1 N–H and O–H groups in total. The van der Waals surface area contributed by atoms with Crippen LogP contribution in [0.2, 0.25) is 0 Å². The Morgan fingerprint density at radius 2 is 1.93 bits per heavy atom. The van der Waals surface area contributed by atoms with E-state index in [1.165, 1.54) is 25.3 Å². The van der Waals surface area contributed by atoms with Crippen LogP contribution in [0.5, 0.6) is 5.75 Å². The van der Waals surface area contributed by atoms with Crippen molar-refractivity contribution < 1.29 is 28.8 Å². The number of esters is 1. The molecule has 0 aliphatic rings. The molecule has 0 atom stereocenters. The maximum absolute atomic E-state index is 13.2. The lowest BCUT2D eigenvalue weighted by molar-refractivity contribution is -0.300. The van der Waals surface area contributed by atoms with E-state index in [2.05, 4.69) is 9.72 Å². The van der Waals surface area contributed by atoms with Gasteiger partial charge in [-0.1, -0.05) is 12.1 Å². The number of hydrogen-bond acceptors (Lipinski definition) is 6. The van der Waals surface area contributed by atoms with E-state index >= 15 is 0 Å². The van der Waals surface area contributed by atoms with Crippen LogP contribution in [0.3, 0.4) is 0 Å². The zero-order chi connectivity index (χ0) is 21.5. The molecule has 0 fully saturated rings. The highest BCUT2D eigenvalue weighted by molar-refractivity contribution is 5.96. The van der Waals surface area contributed by atoms with Gasteiger partial charge in [0.25, 0.3) is 0 Å². The summed E-state index contributed by atoms with van der Waals surface area (Å²) in [5.74, 6) is -0.815. The minimum Gasteiger partial charge on any atom is -0.505 e. The number of phenolic OH excluding ortho intramolecular Hbond substituents is 1. The van der Waals surface area contributed by atoms with Gasteiger partial charge in [0.05, 0.1) is 13.7 Å². The molecule has 3 rings (SSSR count).